The lowest BCUT2D eigenvalue weighted by Gasteiger charge is -2.11. The number of hydrogen-bond donors (Lipinski definition) is 1. The number of halogens is 1. The molecule has 1 aromatic carbocycles. The number of nitrogens with zero attached hydrogens (tertiary/aromatic N) is 1. The molecule has 106 valence electrons. The van der Waals surface area contributed by atoms with Gasteiger partial charge >= 0.3 is 0 Å². The molecule has 0 atom stereocenters. The van der Waals surface area contributed by atoms with Gasteiger partial charge in [-0.3, -0.25) is 4.79 Å². The quantitative estimate of drug-likeness (QED) is 0.932. The second-order valence-corrected chi connectivity index (χ2v) is 6.01. The van der Waals surface area contributed by atoms with Gasteiger partial charge < -0.3 is 10.1 Å². The summed E-state index contributed by atoms with van der Waals surface area (Å²) < 4.78 is 5.24. The van der Waals surface area contributed by atoms with Crippen LogP contribution in [0, 0.1) is 20.8 Å². The fourth-order valence-corrected chi connectivity index (χ4v) is 2.82. The minimum Gasteiger partial charge on any atom is -0.495 e. The molecular weight excluding hydrogens is 296 g/mol. The van der Waals surface area contributed by atoms with Crippen LogP contribution in [0.1, 0.15) is 25.9 Å². The maximum absolute atomic E-state index is 12.3. The number of methoxy groups -OCH3 is 1. The Kier molecular flexibility index (Phi) is 4.30. The van der Waals surface area contributed by atoms with Crippen LogP contribution in [0.25, 0.3) is 0 Å². The molecule has 6 heteroatoms. The second-order valence-electron chi connectivity index (χ2n) is 4.40. The number of nitrogens with one attached hydrogen (secondary N) is 1. The van der Waals surface area contributed by atoms with E-state index in [4.69, 9.17) is 16.3 Å². The van der Waals surface area contributed by atoms with Crippen LogP contribution in [0.5, 0.6) is 5.75 Å². The first kappa shape index (κ1) is 14.8. The Morgan fingerprint density at radius 3 is 2.60 bits per heavy atom. The third kappa shape index (κ3) is 2.94. The molecule has 1 amide bonds. The van der Waals surface area contributed by atoms with Gasteiger partial charge in [-0.1, -0.05) is 11.6 Å². The average molecular weight is 311 g/mol. The van der Waals surface area contributed by atoms with Crippen molar-refractivity contribution >= 4 is 34.5 Å². The molecule has 1 N–H and O–H groups in total. The number of aryl methyl sites for hydroxylation is 3. The Bertz CT molecular complexity index is 667. The maximum atomic E-state index is 12.3. The number of rotatable bonds is 3. The molecule has 0 fully saturated rings. The van der Waals surface area contributed by atoms with Crippen LogP contribution >= 0.6 is 22.9 Å². The van der Waals surface area contributed by atoms with Crippen molar-refractivity contribution in [2.45, 2.75) is 20.8 Å². The van der Waals surface area contributed by atoms with Crippen LogP contribution in [0.3, 0.4) is 0 Å². The predicted octanol–water partition coefficient (Wildman–Crippen LogP) is 3.98. The largest absolute Gasteiger partial charge is 0.495 e. The van der Waals surface area contributed by atoms with Gasteiger partial charge in [0.2, 0.25) is 0 Å². The summed E-state index contributed by atoms with van der Waals surface area (Å²) in [5, 5.41) is 4.32. The van der Waals surface area contributed by atoms with E-state index in [1.807, 2.05) is 20.8 Å². The van der Waals surface area contributed by atoms with Gasteiger partial charge in [0.1, 0.15) is 10.6 Å². The van der Waals surface area contributed by atoms with Gasteiger partial charge in [-0.25, -0.2) is 4.98 Å². The number of carbonyl (C=O) groups excluding carboxylic acids is 1. The van der Waals surface area contributed by atoms with E-state index in [9.17, 15) is 4.79 Å². The van der Waals surface area contributed by atoms with Crippen molar-refractivity contribution < 1.29 is 9.53 Å². The predicted molar refractivity (Wildman–Crippen MR) is 82.3 cm³/mol. The molecule has 2 aromatic rings. The van der Waals surface area contributed by atoms with Crippen LogP contribution in [-0.4, -0.2) is 18.0 Å². The highest BCUT2D eigenvalue weighted by atomic mass is 35.5. The molecule has 0 aliphatic heterocycles. The number of amides is 1. The summed E-state index contributed by atoms with van der Waals surface area (Å²) in [5.74, 6) is 0.348. The highest BCUT2D eigenvalue weighted by Crippen LogP contribution is 2.31. The lowest BCUT2D eigenvalue weighted by Crippen LogP contribution is -2.12. The zero-order valence-corrected chi connectivity index (χ0v) is 13.3. The molecule has 1 aromatic heterocycles. The van der Waals surface area contributed by atoms with Crippen molar-refractivity contribution in [3.63, 3.8) is 0 Å². The van der Waals surface area contributed by atoms with Crippen molar-refractivity contribution in [3.8, 4) is 5.75 Å². The van der Waals surface area contributed by atoms with Gasteiger partial charge in [0.05, 0.1) is 23.5 Å². The van der Waals surface area contributed by atoms with E-state index in [0.717, 1.165) is 16.3 Å². The van der Waals surface area contributed by atoms with Crippen LogP contribution < -0.4 is 10.1 Å². The summed E-state index contributed by atoms with van der Waals surface area (Å²) in [6, 6.07) is 3.49. The zero-order valence-electron chi connectivity index (χ0n) is 11.7. The van der Waals surface area contributed by atoms with Crippen molar-refractivity contribution in [3.05, 3.63) is 38.3 Å². The number of thiazole rings is 1. The summed E-state index contributed by atoms with van der Waals surface area (Å²) in [6.07, 6.45) is 0. The number of hydrogen-bond acceptors (Lipinski definition) is 4. The van der Waals surface area contributed by atoms with Gasteiger partial charge in [0.15, 0.2) is 0 Å². The Balaban J connectivity index is 2.32. The lowest BCUT2D eigenvalue weighted by molar-refractivity contribution is 0.102. The standard InChI is InChI=1S/C14H15ClN2O2S/c1-7-5-11(12(19-4)6-10(7)15)17-14(18)13-8(2)16-9(3)20-13/h5-6H,1-4H3,(H,17,18). The number of carbonyl (C=O) groups is 1. The van der Waals surface area contributed by atoms with E-state index in [1.165, 1.54) is 11.3 Å². The number of anilines is 1. The van der Waals surface area contributed by atoms with E-state index in [-0.39, 0.29) is 5.91 Å². The third-order valence-electron chi connectivity index (χ3n) is 2.84. The number of benzene rings is 1. The summed E-state index contributed by atoms with van der Waals surface area (Å²) in [6.45, 7) is 5.57. The number of ether oxygens (including phenoxy) is 1. The Labute approximate surface area is 126 Å². The second kappa shape index (κ2) is 5.81. The van der Waals surface area contributed by atoms with Gasteiger partial charge in [-0.05, 0) is 32.4 Å². The smallest absolute Gasteiger partial charge is 0.267 e. The van der Waals surface area contributed by atoms with Crippen LogP contribution in [0.2, 0.25) is 5.02 Å². The average Bonchev–Trinajstić information content (AvgIpc) is 2.72. The first-order valence-electron chi connectivity index (χ1n) is 6.02. The van der Waals surface area contributed by atoms with E-state index in [0.29, 0.717) is 21.3 Å². The van der Waals surface area contributed by atoms with E-state index < -0.39 is 0 Å². The molecule has 0 unspecified atom stereocenters. The van der Waals surface area contributed by atoms with Crippen molar-refractivity contribution in [2.75, 3.05) is 12.4 Å². The summed E-state index contributed by atoms with van der Waals surface area (Å²) >= 11 is 7.42. The molecule has 0 spiro atoms. The summed E-state index contributed by atoms with van der Waals surface area (Å²) in [4.78, 5) is 17.1. The van der Waals surface area contributed by atoms with Crippen molar-refractivity contribution in [1.82, 2.24) is 4.98 Å². The topological polar surface area (TPSA) is 51.2 Å². The molecule has 0 saturated carbocycles. The Morgan fingerprint density at radius 1 is 1.35 bits per heavy atom. The first-order valence-corrected chi connectivity index (χ1v) is 7.21. The molecule has 0 bridgehead atoms. The van der Waals surface area contributed by atoms with Gasteiger partial charge in [-0.2, -0.15) is 0 Å². The summed E-state index contributed by atoms with van der Waals surface area (Å²) in [7, 11) is 1.54. The van der Waals surface area contributed by atoms with Gasteiger partial charge in [-0.15, -0.1) is 11.3 Å². The molecule has 1 heterocycles. The molecule has 20 heavy (non-hydrogen) atoms. The normalized spacial score (nSPS) is 10.4. The molecule has 0 saturated heterocycles. The third-order valence-corrected chi connectivity index (χ3v) is 4.32. The molecule has 0 radical (unpaired) electrons. The fraction of sp³-hybridized carbons (Fsp3) is 0.286. The summed E-state index contributed by atoms with van der Waals surface area (Å²) in [5.41, 5.74) is 2.21. The lowest BCUT2D eigenvalue weighted by atomic mass is 10.2. The van der Waals surface area contributed by atoms with Crippen LogP contribution in [0.4, 0.5) is 5.69 Å². The SMILES string of the molecule is COc1cc(Cl)c(C)cc1NC(=O)c1sc(C)nc1C. The first-order chi connectivity index (χ1) is 9.42. The molecule has 0 aliphatic carbocycles. The van der Waals surface area contributed by atoms with Gasteiger partial charge in [0.25, 0.3) is 5.91 Å². The van der Waals surface area contributed by atoms with E-state index in [2.05, 4.69) is 10.3 Å². The maximum Gasteiger partial charge on any atom is 0.267 e. The highest BCUT2D eigenvalue weighted by molar-refractivity contribution is 7.13. The number of aromatic nitrogens is 1. The van der Waals surface area contributed by atoms with Crippen molar-refractivity contribution in [1.29, 1.82) is 0 Å². The monoisotopic (exact) mass is 310 g/mol. The molecule has 2 rings (SSSR count). The molecular formula is C14H15ClN2O2S. The minimum absolute atomic E-state index is 0.187. The van der Waals surface area contributed by atoms with Gasteiger partial charge in [0, 0.05) is 11.1 Å². The Hall–Kier alpha value is -1.59. The van der Waals surface area contributed by atoms with E-state index >= 15 is 0 Å². The fourth-order valence-electron chi connectivity index (χ4n) is 1.85. The van der Waals surface area contributed by atoms with Crippen LogP contribution in [0.15, 0.2) is 12.1 Å². The van der Waals surface area contributed by atoms with E-state index in [1.54, 1.807) is 19.2 Å². The molecule has 4 nitrogen and oxygen atoms in total. The highest BCUT2D eigenvalue weighted by Gasteiger charge is 2.16. The molecule has 0 aliphatic rings. The van der Waals surface area contributed by atoms with Crippen molar-refractivity contribution in [2.24, 2.45) is 0 Å². The minimum atomic E-state index is -0.187. The Morgan fingerprint density at radius 2 is 2.05 bits per heavy atom. The van der Waals surface area contributed by atoms with Crippen LogP contribution in [-0.2, 0) is 0 Å². The zero-order chi connectivity index (χ0) is 14.9.